The molecule has 9 nitrogen and oxygen atoms in total. The minimum absolute atomic E-state index is 0.123. The van der Waals surface area contributed by atoms with Gasteiger partial charge in [-0.2, -0.15) is 0 Å². The number of anilines is 1. The maximum atomic E-state index is 14.9. The van der Waals surface area contributed by atoms with E-state index in [9.17, 15) is 18.8 Å². The second-order valence-corrected chi connectivity index (χ2v) is 10.6. The summed E-state index contributed by atoms with van der Waals surface area (Å²) >= 11 is 3.24. The number of hydrogen-bond acceptors (Lipinski definition) is 6. The molecule has 1 N–H and O–H groups in total. The van der Waals surface area contributed by atoms with Gasteiger partial charge in [-0.25, -0.2) is 9.37 Å². The molecule has 1 aliphatic heterocycles. The van der Waals surface area contributed by atoms with Crippen molar-refractivity contribution in [3.8, 4) is 17.2 Å². The van der Waals surface area contributed by atoms with Gasteiger partial charge in [0, 0.05) is 47.9 Å². The standard InChI is InChI=1S/C31H23BrFN5O4/c32-19-5-10-27(25(33)16-19)38-18-24(28(39)23-4-3-12-35-29(23)38)30(40)36-20-6-8-21(9-7-20)42-22-11-13-34-26(17-22)31(41)37-14-1-2-15-37/h3-13,16-18H,1-2,14-15H2,(H,36,40). The molecule has 11 heteroatoms. The summed E-state index contributed by atoms with van der Waals surface area (Å²) in [6, 6.07) is 17.4. The quantitative estimate of drug-likeness (QED) is 0.249. The first kappa shape index (κ1) is 27.3. The number of hydrogen-bond donors (Lipinski definition) is 1. The zero-order valence-corrected chi connectivity index (χ0v) is 23.7. The summed E-state index contributed by atoms with van der Waals surface area (Å²) < 4.78 is 22.7. The van der Waals surface area contributed by atoms with E-state index in [1.54, 1.807) is 59.5 Å². The molecule has 6 rings (SSSR count). The summed E-state index contributed by atoms with van der Waals surface area (Å²) in [5.41, 5.74) is 0.394. The van der Waals surface area contributed by atoms with E-state index in [-0.39, 0.29) is 28.2 Å². The third-order valence-corrected chi connectivity index (χ3v) is 7.36. The Morgan fingerprint density at radius 1 is 0.929 bits per heavy atom. The van der Waals surface area contributed by atoms with Crippen LogP contribution in [0.2, 0.25) is 0 Å². The van der Waals surface area contributed by atoms with Crippen molar-refractivity contribution in [3.05, 3.63) is 117 Å². The van der Waals surface area contributed by atoms with Crippen LogP contribution in [0.4, 0.5) is 10.1 Å². The minimum atomic E-state index is -0.662. The maximum absolute atomic E-state index is 14.9. The first-order chi connectivity index (χ1) is 20.4. The van der Waals surface area contributed by atoms with Crippen molar-refractivity contribution >= 4 is 44.5 Å². The number of halogens is 2. The second kappa shape index (κ2) is 11.5. The molecule has 0 spiro atoms. The fourth-order valence-corrected chi connectivity index (χ4v) is 5.13. The highest BCUT2D eigenvalue weighted by atomic mass is 79.9. The van der Waals surface area contributed by atoms with E-state index >= 15 is 0 Å². The summed E-state index contributed by atoms with van der Waals surface area (Å²) in [4.78, 5) is 49.4. The lowest BCUT2D eigenvalue weighted by molar-refractivity contribution is 0.0786. The molecule has 5 aromatic rings. The van der Waals surface area contributed by atoms with Gasteiger partial charge in [0.25, 0.3) is 11.8 Å². The van der Waals surface area contributed by atoms with Crippen LogP contribution in [0.15, 0.2) is 94.6 Å². The molecular formula is C31H23BrFN5O4. The van der Waals surface area contributed by atoms with Crippen LogP contribution in [0.1, 0.15) is 33.7 Å². The lowest BCUT2D eigenvalue weighted by atomic mass is 10.1. The van der Waals surface area contributed by atoms with Crippen molar-refractivity contribution in [1.82, 2.24) is 19.4 Å². The van der Waals surface area contributed by atoms with E-state index in [2.05, 4.69) is 31.2 Å². The van der Waals surface area contributed by atoms with Gasteiger partial charge in [0.15, 0.2) is 0 Å². The first-order valence-electron chi connectivity index (χ1n) is 13.2. The molecule has 0 atom stereocenters. The highest BCUT2D eigenvalue weighted by Gasteiger charge is 2.21. The number of carbonyl (C=O) groups is 2. The first-order valence-corrected chi connectivity index (χ1v) is 14.0. The number of likely N-dealkylation sites (tertiary alicyclic amines) is 1. The molecule has 2 amide bonds. The van der Waals surface area contributed by atoms with Crippen LogP contribution in [0.5, 0.6) is 11.5 Å². The van der Waals surface area contributed by atoms with Crippen molar-refractivity contribution in [3.63, 3.8) is 0 Å². The SMILES string of the molecule is O=C(Nc1ccc(Oc2ccnc(C(=O)N3CCCC3)c2)cc1)c1cn(-c2ccc(Br)cc2F)c2ncccc2c1=O. The third kappa shape index (κ3) is 5.51. The van der Waals surface area contributed by atoms with Gasteiger partial charge in [-0.1, -0.05) is 15.9 Å². The molecule has 1 saturated heterocycles. The van der Waals surface area contributed by atoms with E-state index < -0.39 is 17.2 Å². The molecule has 0 saturated carbocycles. The molecule has 0 bridgehead atoms. The minimum Gasteiger partial charge on any atom is -0.457 e. The van der Waals surface area contributed by atoms with Gasteiger partial charge in [0.1, 0.15) is 34.2 Å². The van der Waals surface area contributed by atoms with Gasteiger partial charge in [-0.3, -0.25) is 23.9 Å². The van der Waals surface area contributed by atoms with E-state index in [1.165, 1.54) is 35.3 Å². The highest BCUT2D eigenvalue weighted by molar-refractivity contribution is 9.10. The monoisotopic (exact) mass is 627 g/mol. The number of fused-ring (bicyclic) bond motifs is 1. The van der Waals surface area contributed by atoms with E-state index in [0.717, 1.165) is 25.9 Å². The number of amides is 2. The number of carbonyl (C=O) groups excluding carboxylic acids is 2. The Morgan fingerprint density at radius 2 is 1.71 bits per heavy atom. The van der Waals surface area contributed by atoms with E-state index in [0.29, 0.717) is 27.4 Å². The predicted molar refractivity (Wildman–Crippen MR) is 159 cm³/mol. The largest absolute Gasteiger partial charge is 0.457 e. The van der Waals surface area contributed by atoms with Crippen LogP contribution in [0.3, 0.4) is 0 Å². The van der Waals surface area contributed by atoms with Crippen molar-refractivity contribution in [1.29, 1.82) is 0 Å². The normalized spacial score (nSPS) is 12.9. The zero-order valence-electron chi connectivity index (χ0n) is 22.1. The second-order valence-electron chi connectivity index (χ2n) is 9.67. The summed E-state index contributed by atoms with van der Waals surface area (Å²) in [6.07, 6.45) is 6.29. The topological polar surface area (TPSA) is 106 Å². The molecule has 42 heavy (non-hydrogen) atoms. The lowest BCUT2D eigenvalue weighted by Crippen LogP contribution is -2.28. The number of nitrogens with one attached hydrogen (secondary N) is 1. The summed E-state index contributed by atoms with van der Waals surface area (Å²) in [7, 11) is 0. The van der Waals surface area contributed by atoms with Crippen LogP contribution < -0.4 is 15.5 Å². The molecule has 1 aliphatic rings. The zero-order chi connectivity index (χ0) is 29.2. The van der Waals surface area contributed by atoms with Crippen LogP contribution in [0, 0.1) is 5.82 Å². The molecule has 0 radical (unpaired) electrons. The fourth-order valence-electron chi connectivity index (χ4n) is 4.80. The Bertz CT molecular complexity index is 1890. The fraction of sp³-hybridized carbons (Fsp3) is 0.129. The molecule has 4 heterocycles. The van der Waals surface area contributed by atoms with E-state index in [1.807, 2.05) is 0 Å². The van der Waals surface area contributed by atoms with Crippen LogP contribution in [-0.4, -0.2) is 44.3 Å². The van der Waals surface area contributed by atoms with Crippen molar-refractivity contribution in [2.45, 2.75) is 12.8 Å². The average Bonchev–Trinajstić information content (AvgIpc) is 3.54. The van der Waals surface area contributed by atoms with Gasteiger partial charge in [0.2, 0.25) is 5.43 Å². The maximum Gasteiger partial charge on any atom is 0.272 e. The number of aromatic nitrogens is 3. The number of pyridine rings is 3. The average molecular weight is 628 g/mol. The number of rotatable bonds is 6. The van der Waals surface area contributed by atoms with Crippen LogP contribution >= 0.6 is 15.9 Å². The van der Waals surface area contributed by atoms with Crippen molar-refractivity contribution < 1.29 is 18.7 Å². The third-order valence-electron chi connectivity index (χ3n) is 6.87. The van der Waals surface area contributed by atoms with Crippen LogP contribution in [0.25, 0.3) is 16.7 Å². The van der Waals surface area contributed by atoms with Crippen molar-refractivity contribution in [2.24, 2.45) is 0 Å². The summed E-state index contributed by atoms with van der Waals surface area (Å²) in [5, 5.41) is 2.90. The predicted octanol–water partition coefficient (Wildman–Crippen LogP) is 5.96. The molecule has 0 aliphatic carbocycles. The van der Waals surface area contributed by atoms with Gasteiger partial charge < -0.3 is 15.0 Å². The highest BCUT2D eigenvalue weighted by Crippen LogP contribution is 2.25. The Balaban J connectivity index is 1.22. The Morgan fingerprint density at radius 3 is 2.48 bits per heavy atom. The smallest absolute Gasteiger partial charge is 0.272 e. The number of benzene rings is 2. The van der Waals surface area contributed by atoms with Gasteiger partial charge in [-0.15, -0.1) is 0 Å². The van der Waals surface area contributed by atoms with E-state index in [4.69, 9.17) is 4.74 Å². The van der Waals surface area contributed by atoms with Gasteiger partial charge in [-0.05, 0) is 73.5 Å². The summed E-state index contributed by atoms with van der Waals surface area (Å²) in [6.45, 7) is 1.45. The molecule has 210 valence electrons. The van der Waals surface area contributed by atoms with Gasteiger partial charge >= 0.3 is 0 Å². The molecule has 1 fully saturated rings. The molecular weight excluding hydrogens is 605 g/mol. The Kier molecular flexibility index (Phi) is 7.49. The van der Waals surface area contributed by atoms with Gasteiger partial charge in [0.05, 0.1) is 11.1 Å². The summed E-state index contributed by atoms with van der Waals surface area (Å²) in [5.74, 6) is -0.408. The van der Waals surface area contributed by atoms with Crippen LogP contribution in [-0.2, 0) is 0 Å². The number of ether oxygens (including phenoxy) is 1. The van der Waals surface area contributed by atoms with Crippen molar-refractivity contribution in [2.75, 3.05) is 18.4 Å². The molecule has 2 aromatic carbocycles. The lowest BCUT2D eigenvalue weighted by Gasteiger charge is -2.15. The Hall–Kier alpha value is -4.90. The Labute approximate surface area is 247 Å². The molecule has 0 unspecified atom stereocenters. The molecule has 3 aromatic heterocycles. The number of nitrogens with zero attached hydrogens (tertiary/aromatic N) is 4.